The molecule has 1 saturated carbocycles. The monoisotopic (exact) mass is 619 g/mol. The van der Waals surface area contributed by atoms with Crippen LogP contribution in [0.5, 0.6) is 0 Å². The van der Waals surface area contributed by atoms with Gasteiger partial charge in [0.25, 0.3) is 10.0 Å². The van der Waals surface area contributed by atoms with Crippen LogP contribution < -0.4 is 10.6 Å². The number of nitrogens with one attached hydrogen (secondary N) is 2. The molecule has 2 heterocycles. The number of ether oxygens (including phenoxy) is 3. The molecule has 236 valence electrons. The van der Waals surface area contributed by atoms with E-state index in [9.17, 15) is 18.3 Å². The number of hydrogen-bond acceptors (Lipinski definition) is 10. The Bertz CT molecular complexity index is 1290. The van der Waals surface area contributed by atoms with Gasteiger partial charge in [-0.1, -0.05) is 53.7 Å². The van der Waals surface area contributed by atoms with Gasteiger partial charge >= 0.3 is 6.09 Å². The van der Waals surface area contributed by atoms with E-state index in [1.165, 1.54) is 12.1 Å². The van der Waals surface area contributed by atoms with Crippen LogP contribution in [0.15, 0.2) is 59.5 Å². The molecule has 5 rings (SSSR count). The number of rotatable bonds is 14. The van der Waals surface area contributed by atoms with Crippen LogP contribution in [0.4, 0.5) is 10.5 Å². The summed E-state index contributed by atoms with van der Waals surface area (Å²) in [5.41, 5.74) is 1.36. The van der Waals surface area contributed by atoms with Crippen LogP contribution in [0.1, 0.15) is 37.7 Å². The molecule has 2 aromatic rings. The molecule has 1 amide bonds. The van der Waals surface area contributed by atoms with Crippen molar-refractivity contribution in [2.75, 3.05) is 38.2 Å². The smallest absolute Gasteiger partial charge is 0.407 e. The van der Waals surface area contributed by atoms with Crippen LogP contribution in [0.2, 0.25) is 0 Å². The van der Waals surface area contributed by atoms with Gasteiger partial charge in [-0.3, -0.25) is 4.84 Å². The van der Waals surface area contributed by atoms with Crippen molar-refractivity contribution in [2.45, 2.75) is 74.1 Å². The van der Waals surface area contributed by atoms with Gasteiger partial charge < -0.3 is 35.1 Å². The lowest BCUT2D eigenvalue weighted by molar-refractivity contribution is -0.145. The summed E-state index contributed by atoms with van der Waals surface area (Å²) < 4.78 is 45.4. The number of sulfonamides is 1. The minimum Gasteiger partial charge on any atom is -0.443 e. The lowest BCUT2D eigenvalue weighted by atomic mass is 10.0. The van der Waals surface area contributed by atoms with Crippen molar-refractivity contribution in [3.05, 3.63) is 60.2 Å². The summed E-state index contributed by atoms with van der Waals surface area (Å²) in [6.07, 6.45) is 0.952. The number of aliphatic hydroxyl groups is 2. The first-order valence-electron chi connectivity index (χ1n) is 14.9. The second-order valence-electron chi connectivity index (χ2n) is 11.2. The van der Waals surface area contributed by atoms with E-state index in [4.69, 9.17) is 24.2 Å². The summed E-state index contributed by atoms with van der Waals surface area (Å²) in [5.74, 6) is -0.0497. The third-order valence-corrected chi connectivity index (χ3v) is 9.68. The van der Waals surface area contributed by atoms with Gasteiger partial charge in [0.2, 0.25) is 0 Å². The maximum Gasteiger partial charge on any atom is 0.407 e. The van der Waals surface area contributed by atoms with E-state index >= 15 is 0 Å². The summed E-state index contributed by atoms with van der Waals surface area (Å²) >= 11 is 0. The van der Waals surface area contributed by atoms with Gasteiger partial charge in [0.05, 0.1) is 55.4 Å². The molecule has 0 spiro atoms. The quantitative estimate of drug-likeness (QED) is 0.232. The van der Waals surface area contributed by atoms with E-state index in [1.54, 1.807) is 12.1 Å². The minimum absolute atomic E-state index is 0.0258. The van der Waals surface area contributed by atoms with Gasteiger partial charge in [0.15, 0.2) is 6.29 Å². The van der Waals surface area contributed by atoms with Gasteiger partial charge in [-0.05, 0) is 49.4 Å². The number of benzene rings is 2. The summed E-state index contributed by atoms with van der Waals surface area (Å²) in [5, 5.41) is 26.4. The number of carbonyl (C=O) groups excluding carboxylic acids is 1. The molecule has 0 unspecified atom stereocenters. The lowest BCUT2D eigenvalue weighted by Gasteiger charge is -2.31. The third kappa shape index (κ3) is 8.24. The lowest BCUT2D eigenvalue weighted by Crippen LogP contribution is -2.51. The second-order valence-corrected chi connectivity index (χ2v) is 13.0. The minimum atomic E-state index is -4.22. The van der Waals surface area contributed by atoms with E-state index < -0.39 is 40.9 Å². The van der Waals surface area contributed by atoms with Crippen molar-refractivity contribution >= 4 is 21.8 Å². The Balaban J connectivity index is 1.34. The highest BCUT2D eigenvalue weighted by molar-refractivity contribution is 7.89. The van der Waals surface area contributed by atoms with Gasteiger partial charge in [-0.15, -0.1) is 0 Å². The number of hydrogen-bond donors (Lipinski definition) is 4. The normalized spacial score (nSPS) is 23.7. The fourth-order valence-electron chi connectivity index (χ4n) is 5.74. The summed E-state index contributed by atoms with van der Waals surface area (Å²) in [4.78, 5) is 19.1. The first kappa shape index (κ1) is 31.6. The van der Waals surface area contributed by atoms with E-state index in [2.05, 4.69) is 10.6 Å². The van der Waals surface area contributed by atoms with Crippen molar-refractivity contribution in [1.82, 2.24) is 9.79 Å². The third-order valence-electron chi connectivity index (χ3n) is 8.06. The number of aliphatic hydroxyl groups excluding tert-OH is 2. The Morgan fingerprint density at radius 3 is 2.63 bits per heavy atom. The zero-order valence-electron chi connectivity index (χ0n) is 24.0. The number of carbonyl (C=O) groups is 1. The predicted molar refractivity (Wildman–Crippen MR) is 156 cm³/mol. The highest BCUT2D eigenvalue weighted by atomic mass is 32.2. The maximum absolute atomic E-state index is 13.9. The molecule has 0 bridgehead atoms. The molecule has 3 aliphatic rings. The Labute approximate surface area is 252 Å². The zero-order valence-corrected chi connectivity index (χ0v) is 24.9. The fraction of sp³-hybridized carbons (Fsp3) is 0.567. The molecule has 12 nitrogen and oxygen atoms in total. The van der Waals surface area contributed by atoms with Crippen molar-refractivity contribution in [3.8, 4) is 0 Å². The highest BCUT2D eigenvalue weighted by Gasteiger charge is 2.44. The molecule has 1 aliphatic carbocycles. The molecule has 2 aliphatic heterocycles. The van der Waals surface area contributed by atoms with Crippen molar-refractivity contribution in [3.63, 3.8) is 0 Å². The van der Waals surface area contributed by atoms with Crippen molar-refractivity contribution in [2.24, 2.45) is 5.92 Å². The van der Waals surface area contributed by atoms with Crippen LogP contribution >= 0.6 is 0 Å². The molecule has 5 atom stereocenters. The van der Waals surface area contributed by atoms with Gasteiger partial charge in [-0.2, -0.15) is 0 Å². The first-order valence-corrected chi connectivity index (χ1v) is 16.3. The van der Waals surface area contributed by atoms with E-state index in [-0.39, 0.29) is 49.4 Å². The molecule has 4 N–H and O–H groups in total. The summed E-state index contributed by atoms with van der Waals surface area (Å²) in [7, 11) is -4.22. The molecular formula is C30H41N3O9S. The van der Waals surface area contributed by atoms with Crippen LogP contribution in [0, 0.1) is 5.92 Å². The van der Waals surface area contributed by atoms with E-state index in [0.29, 0.717) is 25.1 Å². The summed E-state index contributed by atoms with van der Waals surface area (Å²) in [6, 6.07) is 14.6. The second kappa shape index (κ2) is 14.8. The largest absolute Gasteiger partial charge is 0.443 e. The first-order chi connectivity index (χ1) is 20.8. The number of hydroxylamine groups is 1. The van der Waals surface area contributed by atoms with Gasteiger partial charge in [-0.25, -0.2) is 13.2 Å². The van der Waals surface area contributed by atoms with Crippen molar-refractivity contribution < 1.29 is 42.5 Å². The molecule has 0 aromatic heterocycles. The molecule has 2 aromatic carbocycles. The molecule has 2 saturated heterocycles. The molecular weight excluding hydrogens is 578 g/mol. The zero-order chi connectivity index (χ0) is 30.2. The number of nitrogens with zero attached hydrogens (tertiary/aromatic N) is 1. The Kier molecular flexibility index (Phi) is 10.9. The van der Waals surface area contributed by atoms with Gasteiger partial charge in [0.1, 0.15) is 6.10 Å². The standard InChI is InChI=1S/C30H41N3O9S/c34-15-14-31-22-9-6-12-24(18-22)43(37,38)33(42-23-10-4-5-11-23)19-27(35)26(17-21-7-2-1-3-8-21)32-30(36)41-28-20-40-29-25(28)13-16-39-29/h1-3,6-9,12,18,23,25-29,31,34-35H,4-5,10-11,13-17,19-20H2,(H,32,36)/t25-,26+,27-,28-,29+/m1/s1. The topological polar surface area (TPSA) is 156 Å². The van der Waals surface area contributed by atoms with E-state index in [1.807, 2.05) is 30.3 Å². The number of amides is 1. The number of fused-ring (bicyclic) bond motifs is 1. The summed E-state index contributed by atoms with van der Waals surface area (Å²) in [6.45, 7) is 0.492. The molecule has 43 heavy (non-hydrogen) atoms. The average molecular weight is 620 g/mol. The molecule has 13 heteroatoms. The Hall–Kier alpha value is -2.78. The Morgan fingerprint density at radius 1 is 1.07 bits per heavy atom. The molecule has 3 fully saturated rings. The Morgan fingerprint density at radius 2 is 1.86 bits per heavy atom. The van der Waals surface area contributed by atoms with Crippen LogP contribution in [0.25, 0.3) is 0 Å². The molecule has 0 radical (unpaired) electrons. The number of alkyl carbamates (subject to hydrolysis) is 1. The fourth-order valence-corrected chi connectivity index (χ4v) is 7.09. The average Bonchev–Trinajstić information content (AvgIpc) is 3.77. The van der Waals surface area contributed by atoms with Crippen molar-refractivity contribution in [1.29, 1.82) is 0 Å². The predicted octanol–water partition coefficient (Wildman–Crippen LogP) is 2.42. The highest BCUT2D eigenvalue weighted by Crippen LogP contribution is 2.33. The van der Waals surface area contributed by atoms with Crippen LogP contribution in [-0.2, 0) is 35.5 Å². The maximum atomic E-state index is 13.9. The van der Waals surface area contributed by atoms with E-state index in [0.717, 1.165) is 29.3 Å². The number of anilines is 1. The van der Waals surface area contributed by atoms with Gasteiger partial charge in [0, 0.05) is 12.2 Å². The van der Waals surface area contributed by atoms with Crippen LogP contribution in [0.3, 0.4) is 0 Å². The SMILES string of the molecule is O=C(N[C@@H](Cc1ccccc1)[C@H](O)CN(OC1CCCC1)S(=O)(=O)c1cccc(NCCO)c1)O[C@@H]1CO[C@@H]2OCC[C@@H]21. The van der Waals surface area contributed by atoms with Crippen LogP contribution in [-0.4, -0.2) is 92.7 Å².